The van der Waals surface area contributed by atoms with Crippen LogP contribution >= 0.6 is 0 Å². The Hall–Kier alpha value is -1.55. The molecule has 1 aliphatic rings. The summed E-state index contributed by atoms with van der Waals surface area (Å²) in [7, 11) is 0. The fourth-order valence-electron chi connectivity index (χ4n) is 2.51. The Morgan fingerprint density at radius 3 is 3.18 bits per heavy atom. The number of ether oxygens (including phenoxy) is 1. The molecule has 0 amide bonds. The summed E-state index contributed by atoms with van der Waals surface area (Å²) in [6, 6.07) is 6.27. The van der Waals surface area contributed by atoms with Gasteiger partial charge in [-0.15, -0.1) is 0 Å². The Kier molecular flexibility index (Phi) is 2.73. The molecule has 1 saturated carbocycles. The fraction of sp³-hybridized carbons (Fsp3) is 0.462. The van der Waals surface area contributed by atoms with Crippen LogP contribution in [0.3, 0.4) is 0 Å². The number of H-pyrrole nitrogens is 1. The molecule has 17 heavy (non-hydrogen) atoms. The number of nitrogens with two attached hydrogens (primary N) is 1. The third-order valence-corrected chi connectivity index (χ3v) is 3.41. The van der Waals surface area contributed by atoms with Crippen molar-refractivity contribution < 1.29 is 4.74 Å². The summed E-state index contributed by atoms with van der Waals surface area (Å²) in [5.41, 5.74) is 6.99. The average molecular weight is 231 g/mol. The first-order valence-corrected chi connectivity index (χ1v) is 6.17. The van der Waals surface area contributed by atoms with E-state index in [0.717, 1.165) is 42.3 Å². The molecular weight excluding hydrogens is 214 g/mol. The van der Waals surface area contributed by atoms with Crippen molar-refractivity contribution in [1.29, 1.82) is 0 Å². The third-order valence-electron chi connectivity index (χ3n) is 3.41. The fourth-order valence-corrected chi connectivity index (χ4v) is 2.51. The molecule has 4 heteroatoms. The van der Waals surface area contributed by atoms with Crippen LogP contribution in [-0.2, 0) is 0 Å². The molecule has 0 radical (unpaired) electrons. The van der Waals surface area contributed by atoms with Crippen molar-refractivity contribution >= 4 is 10.9 Å². The van der Waals surface area contributed by atoms with Gasteiger partial charge < -0.3 is 10.5 Å². The highest BCUT2D eigenvalue weighted by Crippen LogP contribution is 2.28. The van der Waals surface area contributed by atoms with E-state index in [1.54, 1.807) is 0 Å². The number of hydrogen-bond donors (Lipinski definition) is 2. The molecule has 4 nitrogen and oxygen atoms in total. The monoisotopic (exact) mass is 231 g/mol. The maximum atomic E-state index is 6.06. The number of nitrogens with zero attached hydrogens (tertiary/aromatic N) is 1. The maximum Gasteiger partial charge on any atom is 0.130 e. The second-order valence-corrected chi connectivity index (χ2v) is 4.75. The molecule has 0 spiro atoms. The molecule has 0 saturated heterocycles. The zero-order chi connectivity index (χ0) is 11.7. The number of fused-ring (bicyclic) bond motifs is 1. The van der Waals surface area contributed by atoms with Crippen LogP contribution in [0, 0.1) is 0 Å². The summed E-state index contributed by atoms with van der Waals surface area (Å²) in [6.07, 6.45) is 6.39. The summed E-state index contributed by atoms with van der Waals surface area (Å²) in [4.78, 5) is 0. The predicted molar refractivity (Wildman–Crippen MR) is 67.0 cm³/mol. The molecule has 0 bridgehead atoms. The van der Waals surface area contributed by atoms with Gasteiger partial charge in [-0.3, -0.25) is 5.10 Å². The molecule has 2 atom stereocenters. The third kappa shape index (κ3) is 2.13. The van der Waals surface area contributed by atoms with Crippen LogP contribution in [0.5, 0.6) is 5.75 Å². The Morgan fingerprint density at radius 1 is 1.35 bits per heavy atom. The van der Waals surface area contributed by atoms with Gasteiger partial charge in [0.2, 0.25) is 0 Å². The van der Waals surface area contributed by atoms with Gasteiger partial charge in [0.1, 0.15) is 11.9 Å². The lowest BCUT2D eigenvalue weighted by molar-refractivity contribution is 0.146. The highest BCUT2D eigenvalue weighted by atomic mass is 16.5. The molecule has 2 aromatic rings. The summed E-state index contributed by atoms with van der Waals surface area (Å²) >= 11 is 0. The molecule has 1 aromatic carbocycles. The average Bonchev–Trinajstić information content (AvgIpc) is 2.78. The molecule has 1 aliphatic carbocycles. The quantitative estimate of drug-likeness (QED) is 0.833. The molecule has 1 heterocycles. The van der Waals surface area contributed by atoms with E-state index in [1.165, 1.54) is 0 Å². The van der Waals surface area contributed by atoms with Crippen LogP contribution in [0.25, 0.3) is 10.9 Å². The molecule has 3 N–H and O–H groups in total. The first-order chi connectivity index (χ1) is 8.33. The number of nitrogens with one attached hydrogen (secondary N) is 1. The number of aromatic amines is 1. The van der Waals surface area contributed by atoms with E-state index < -0.39 is 0 Å². The van der Waals surface area contributed by atoms with Crippen LogP contribution in [0.4, 0.5) is 0 Å². The van der Waals surface area contributed by atoms with Crippen molar-refractivity contribution in [3.8, 4) is 5.75 Å². The normalized spacial score (nSPS) is 25.0. The maximum absolute atomic E-state index is 6.06. The number of hydrogen-bond acceptors (Lipinski definition) is 3. The number of benzene rings is 1. The summed E-state index contributed by atoms with van der Waals surface area (Å²) in [5, 5.41) is 8.04. The molecule has 1 fully saturated rings. The number of aromatic nitrogens is 2. The van der Waals surface area contributed by atoms with Crippen LogP contribution in [0.15, 0.2) is 24.4 Å². The van der Waals surface area contributed by atoms with Gasteiger partial charge in [-0.1, -0.05) is 6.07 Å². The van der Waals surface area contributed by atoms with Gasteiger partial charge in [0.25, 0.3) is 0 Å². The van der Waals surface area contributed by atoms with Gasteiger partial charge in [0.15, 0.2) is 0 Å². The van der Waals surface area contributed by atoms with E-state index in [9.17, 15) is 0 Å². The molecular formula is C13H17N3O. The van der Waals surface area contributed by atoms with Crippen LogP contribution < -0.4 is 10.5 Å². The summed E-state index contributed by atoms with van der Waals surface area (Å²) in [5.74, 6) is 0.912. The van der Waals surface area contributed by atoms with Crippen LogP contribution in [0.1, 0.15) is 25.7 Å². The largest absolute Gasteiger partial charge is 0.490 e. The van der Waals surface area contributed by atoms with Crippen molar-refractivity contribution in [3.63, 3.8) is 0 Å². The highest BCUT2D eigenvalue weighted by molar-refractivity contribution is 5.84. The minimum Gasteiger partial charge on any atom is -0.490 e. The molecule has 0 unspecified atom stereocenters. The Morgan fingerprint density at radius 2 is 2.29 bits per heavy atom. The van der Waals surface area contributed by atoms with Gasteiger partial charge in [-0.25, -0.2) is 0 Å². The van der Waals surface area contributed by atoms with Crippen molar-refractivity contribution in [2.24, 2.45) is 5.73 Å². The molecule has 90 valence electrons. The summed E-state index contributed by atoms with van der Waals surface area (Å²) in [6.45, 7) is 0. The van der Waals surface area contributed by atoms with E-state index in [4.69, 9.17) is 10.5 Å². The summed E-state index contributed by atoms with van der Waals surface area (Å²) < 4.78 is 6.06. The van der Waals surface area contributed by atoms with E-state index in [2.05, 4.69) is 10.2 Å². The lowest BCUT2D eigenvalue weighted by Gasteiger charge is -2.27. The zero-order valence-electron chi connectivity index (χ0n) is 9.73. The first kappa shape index (κ1) is 10.6. The minimum absolute atomic E-state index is 0.249. The van der Waals surface area contributed by atoms with E-state index in [0.29, 0.717) is 0 Å². The van der Waals surface area contributed by atoms with Gasteiger partial charge >= 0.3 is 0 Å². The number of rotatable bonds is 2. The molecule has 0 aliphatic heterocycles. The van der Waals surface area contributed by atoms with Crippen LogP contribution in [-0.4, -0.2) is 22.3 Å². The van der Waals surface area contributed by atoms with E-state index in [-0.39, 0.29) is 12.1 Å². The van der Waals surface area contributed by atoms with Gasteiger partial charge in [-0.2, -0.15) is 5.10 Å². The Labute approximate surface area is 100 Å². The zero-order valence-corrected chi connectivity index (χ0v) is 9.73. The van der Waals surface area contributed by atoms with Gasteiger partial charge in [0.05, 0.1) is 17.1 Å². The predicted octanol–water partition coefficient (Wildman–Crippen LogP) is 2.21. The SMILES string of the molecule is N[C@H]1CCC[C@@H](Oc2cccc3[nH]ncc23)C1. The standard InChI is InChI=1S/C13H17N3O/c14-9-3-1-4-10(7-9)17-13-6-2-5-12-11(13)8-15-16-12/h2,5-6,8-10H,1,3-4,7,14H2,(H,15,16)/t9-,10+/m0/s1. The molecule has 3 rings (SSSR count). The minimum atomic E-state index is 0.249. The van der Waals surface area contributed by atoms with Gasteiger partial charge in [0, 0.05) is 6.04 Å². The topological polar surface area (TPSA) is 63.9 Å². The van der Waals surface area contributed by atoms with Gasteiger partial charge in [-0.05, 0) is 37.8 Å². The molecule has 1 aromatic heterocycles. The smallest absolute Gasteiger partial charge is 0.130 e. The van der Waals surface area contributed by atoms with Crippen molar-refractivity contribution in [3.05, 3.63) is 24.4 Å². The Bertz CT molecular complexity index is 508. The van der Waals surface area contributed by atoms with E-state index >= 15 is 0 Å². The lowest BCUT2D eigenvalue weighted by Crippen LogP contribution is -2.33. The van der Waals surface area contributed by atoms with Crippen molar-refractivity contribution in [2.75, 3.05) is 0 Å². The van der Waals surface area contributed by atoms with Crippen molar-refractivity contribution in [1.82, 2.24) is 10.2 Å². The van der Waals surface area contributed by atoms with Crippen LogP contribution in [0.2, 0.25) is 0 Å². The Balaban J connectivity index is 1.82. The van der Waals surface area contributed by atoms with Crippen molar-refractivity contribution in [2.45, 2.75) is 37.8 Å². The first-order valence-electron chi connectivity index (χ1n) is 6.17. The second kappa shape index (κ2) is 4.37. The highest BCUT2D eigenvalue weighted by Gasteiger charge is 2.21. The lowest BCUT2D eigenvalue weighted by atomic mass is 9.93. The second-order valence-electron chi connectivity index (χ2n) is 4.75. The van der Waals surface area contributed by atoms with E-state index in [1.807, 2.05) is 24.4 Å².